The van der Waals surface area contributed by atoms with E-state index in [9.17, 15) is 4.79 Å². The molecule has 0 bridgehead atoms. The Balaban J connectivity index is 1.83. The third-order valence-electron chi connectivity index (χ3n) is 5.09. The van der Waals surface area contributed by atoms with E-state index in [1.807, 2.05) is 6.07 Å². The number of benzene rings is 2. The summed E-state index contributed by atoms with van der Waals surface area (Å²) in [4.78, 5) is 14.1. The molecular formula is C20H26N2O3. The second kappa shape index (κ2) is 7.85. The van der Waals surface area contributed by atoms with Gasteiger partial charge in [0, 0.05) is 51.7 Å². The molecule has 134 valence electrons. The van der Waals surface area contributed by atoms with Crippen molar-refractivity contribution in [3.63, 3.8) is 0 Å². The van der Waals surface area contributed by atoms with Crippen molar-refractivity contribution in [3.05, 3.63) is 42.0 Å². The third kappa shape index (κ3) is 3.78. The van der Waals surface area contributed by atoms with Crippen molar-refractivity contribution in [3.8, 4) is 5.75 Å². The normalized spacial score (nSPS) is 20.8. The Morgan fingerprint density at radius 3 is 2.72 bits per heavy atom. The first-order valence-corrected chi connectivity index (χ1v) is 8.66. The number of rotatable bonds is 6. The Morgan fingerprint density at radius 2 is 2.00 bits per heavy atom. The molecule has 1 amide bonds. The largest absolute Gasteiger partial charge is 0.496 e. The first-order valence-electron chi connectivity index (χ1n) is 8.66. The van der Waals surface area contributed by atoms with Crippen LogP contribution in [0.15, 0.2) is 36.4 Å². The van der Waals surface area contributed by atoms with Crippen LogP contribution in [0.3, 0.4) is 0 Å². The van der Waals surface area contributed by atoms with E-state index in [1.165, 1.54) is 16.3 Å². The molecule has 3 rings (SSSR count). The number of amides is 1. The quantitative estimate of drug-likeness (QED) is 0.876. The second-order valence-electron chi connectivity index (χ2n) is 6.57. The SMILES string of the molecule is CNC(=O)C[C@@H]1CN(Cc2c(OC)ccc3ccccc23)C[C@@H]1OC. The lowest BCUT2D eigenvalue weighted by atomic mass is 10.0. The van der Waals surface area contributed by atoms with Crippen LogP contribution >= 0.6 is 0 Å². The first-order chi connectivity index (χ1) is 12.2. The monoisotopic (exact) mass is 342 g/mol. The summed E-state index contributed by atoms with van der Waals surface area (Å²) in [6, 6.07) is 12.5. The Kier molecular flexibility index (Phi) is 5.56. The van der Waals surface area contributed by atoms with Crippen LogP contribution in [-0.4, -0.2) is 51.3 Å². The fourth-order valence-electron chi connectivity index (χ4n) is 3.75. The maximum atomic E-state index is 11.8. The van der Waals surface area contributed by atoms with Gasteiger partial charge in [-0.1, -0.05) is 30.3 Å². The van der Waals surface area contributed by atoms with Crippen molar-refractivity contribution >= 4 is 16.7 Å². The molecule has 1 N–H and O–H groups in total. The summed E-state index contributed by atoms with van der Waals surface area (Å²) < 4.78 is 11.2. The van der Waals surface area contributed by atoms with Crippen molar-refractivity contribution in [2.24, 2.45) is 5.92 Å². The van der Waals surface area contributed by atoms with E-state index in [-0.39, 0.29) is 17.9 Å². The lowest BCUT2D eigenvalue weighted by molar-refractivity contribution is -0.122. The van der Waals surface area contributed by atoms with Gasteiger partial charge < -0.3 is 14.8 Å². The minimum atomic E-state index is 0.0663. The number of hydrogen-bond acceptors (Lipinski definition) is 4. The minimum absolute atomic E-state index is 0.0663. The topological polar surface area (TPSA) is 50.8 Å². The van der Waals surface area contributed by atoms with E-state index in [0.29, 0.717) is 6.42 Å². The van der Waals surface area contributed by atoms with Gasteiger partial charge in [-0.3, -0.25) is 9.69 Å². The molecule has 0 saturated carbocycles. The summed E-state index contributed by atoms with van der Waals surface area (Å²) in [5, 5.41) is 5.13. The van der Waals surface area contributed by atoms with Gasteiger partial charge in [0.15, 0.2) is 0 Å². The van der Waals surface area contributed by atoms with Crippen LogP contribution in [0.5, 0.6) is 5.75 Å². The van der Waals surface area contributed by atoms with Crippen molar-refractivity contribution in [2.45, 2.75) is 19.1 Å². The van der Waals surface area contributed by atoms with Crippen LogP contribution in [0, 0.1) is 5.92 Å². The number of carbonyl (C=O) groups excluding carboxylic acids is 1. The zero-order valence-corrected chi connectivity index (χ0v) is 15.1. The molecular weight excluding hydrogens is 316 g/mol. The van der Waals surface area contributed by atoms with E-state index in [0.717, 1.165) is 25.4 Å². The molecule has 1 aliphatic heterocycles. The van der Waals surface area contributed by atoms with E-state index in [2.05, 4.69) is 40.5 Å². The highest BCUT2D eigenvalue weighted by Crippen LogP contribution is 2.32. The fourth-order valence-corrected chi connectivity index (χ4v) is 3.75. The van der Waals surface area contributed by atoms with E-state index in [4.69, 9.17) is 9.47 Å². The molecule has 0 radical (unpaired) electrons. The van der Waals surface area contributed by atoms with Crippen molar-refractivity contribution < 1.29 is 14.3 Å². The van der Waals surface area contributed by atoms with Gasteiger partial charge in [-0.2, -0.15) is 0 Å². The van der Waals surface area contributed by atoms with E-state index < -0.39 is 0 Å². The third-order valence-corrected chi connectivity index (χ3v) is 5.09. The first kappa shape index (κ1) is 17.7. The molecule has 1 heterocycles. The molecule has 0 aromatic heterocycles. The molecule has 1 aliphatic rings. The molecule has 0 unspecified atom stereocenters. The Bertz CT molecular complexity index is 747. The van der Waals surface area contributed by atoms with Crippen molar-refractivity contribution in [1.82, 2.24) is 10.2 Å². The highest BCUT2D eigenvalue weighted by atomic mass is 16.5. The molecule has 0 aliphatic carbocycles. The average molecular weight is 342 g/mol. The predicted molar refractivity (Wildman–Crippen MR) is 98.7 cm³/mol. The molecule has 2 aromatic rings. The molecule has 5 nitrogen and oxygen atoms in total. The molecule has 25 heavy (non-hydrogen) atoms. The van der Waals surface area contributed by atoms with Gasteiger partial charge in [0.1, 0.15) is 5.75 Å². The summed E-state index contributed by atoms with van der Waals surface area (Å²) in [5.74, 6) is 1.19. The summed E-state index contributed by atoms with van der Waals surface area (Å²) in [5.41, 5.74) is 1.19. The maximum Gasteiger partial charge on any atom is 0.220 e. The lowest BCUT2D eigenvalue weighted by Crippen LogP contribution is -2.28. The molecule has 1 fully saturated rings. The number of nitrogens with zero attached hydrogens (tertiary/aromatic N) is 1. The number of hydrogen-bond donors (Lipinski definition) is 1. The summed E-state index contributed by atoms with van der Waals surface area (Å²) >= 11 is 0. The minimum Gasteiger partial charge on any atom is -0.496 e. The maximum absolute atomic E-state index is 11.8. The number of likely N-dealkylation sites (tertiary alicyclic amines) is 1. The van der Waals surface area contributed by atoms with Gasteiger partial charge in [0.25, 0.3) is 0 Å². The average Bonchev–Trinajstić information content (AvgIpc) is 3.03. The van der Waals surface area contributed by atoms with Gasteiger partial charge in [-0.05, 0) is 16.8 Å². The second-order valence-corrected chi connectivity index (χ2v) is 6.57. The molecule has 5 heteroatoms. The van der Waals surface area contributed by atoms with Crippen LogP contribution in [0.2, 0.25) is 0 Å². The lowest BCUT2D eigenvalue weighted by Gasteiger charge is -2.19. The van der Waals surface area contributed by atoms with Gasteiger partial charge in [0.05, 0.1) is 13.2 Å². The summed E-state index contributed by atoms with van der Waals surface area (Å²) in [7, 11) is 5.12. The Hall–Kier alpha value is -2.11. The fraction of sp³-hybridized carbons (Fsp3) is 0.450. The standard InChI is InChI=1S/C20H26N2O3/c1-21-20(23)10-15-11-22(13-19(15)25-3)12-17-16-7-5-4-6-14(16)8-9-18(17)24-2/h4-9,15,19H,10-13H2,1-3H3,(H,21,23)/t15-,19+/m1/s1. The van der Waals surface area contributed by atoms with Gasteiger partial charge in [0.2, 0.25) is 5.91 Å². The molecule has 2 atom stereocenters. The Morgan fingerprint density at radius 1 is 1.20 bits per heavy atom. The van der Waals surface area contributed by atoms with Crippen molar-refractivity contribution in [2.75, 3.05) is 34.4 Å². The van der Waals surface area contributed by atoms with Crippen LogP contribution in [0.25, 0.3) is 10.8 Å². The van der Waals surface area contributed by atoms with E-state index >= 15 is 0 Å². The summed E-state index contributed by atoms with van der Waals surface area (Å²) in [6.45, 7) is 2.46. The van der Waals surface area contributed by atoms with Crippen LogP contribution < -0.4 is 10.1 Å². The number of methoxy groups -OCH3 is 2. The van der Waals surface area contributed by atoms with E-state index in [1.54, 1.807) is 21.3 Å². The number of nitrogens with one attached hydrogen (secondary N) is 1. The van der Waals surface area contributed by atoms with Crippen LogP contribution in [-0.2, 0) is 16.1 Å². The van der Waals surface area contributed by atoms with Crippen LogP contribution in [0.4, 0.5) is 0 Å². The zero-order chi connectivity index (χ0) is 17.8. The van der Waals surface area contributed by atoms with Crippen molar-refractivity contribution in [1.29, 1.82) is 0 Å². The van der Waals surface area contributed by atoms with Crippen LogP contribution in [0.1, 0.15) is 12.0 Å². The Labute approximate surface area is 148 Å². The number of fused-ring (bicyclic) bond motifs is 1. The smallest absolute Gasteiger partial charge is 0.220 e. The summed E-state index contributed by atoms with van der Waals surface area (Å²) in [6.07, 6.45) is 0.580. The molecule has 0 spiro atoms. The van der Waals surface area contributed by atoms with Gasteiger partial charge in [-0.15, -0.1) is 0 Å². The molecule has 1 saturated heterocycles. The van der Waals surface area contributed by atoms with Gasteiger partial charge >= 0.3 is 0 Å². The highest BCUT2D eigenvalue weighted by Gasteiger charge is 2.34. The number of ether oxygens (including phenoxy) is 2. The molecule has 2 aromatic carbocycles. The zero-order valence-electron chi connectivity index (χ0n) is 15.1. The number of carbonyl (C=O) groups is 1. The predicted octanol–water partition coefficient (Wildman–Crippen LogP) is 2.43. The highest BCUT2D eigenvalue weighted by molar-refractivity contribution is 5.87. The van der Waals surface area contributed by atoms with Gasteiger partial charge in [-0.25, -0.2) is 0 Å².